The molecule has 1 aliphatic carbocycles. The van der Waals surface area contributed by atoms with Crippen molar-refractivity contribution in [3.8, 4) is 0 Å². The second kappa shape index (κ2) is 5.59. The van der Waals surface area contributed by atoms with E-state index in [4.69, 9.17) is 5.73 Å². The minimum atomic E-state index is -0.229. The number of nitrogens with two attached hydrogens (primary N) is 1. The maximum atomic E-state index is 13.3. The van der Waals surface area contributed by atoms with Gasteiger partial charge in [0.2, 0.25) is 0 Å². The molecule has 1 saturated carbocycles. The normalized spacial score (nSPS) is 23.9. The molecule has 0 aromatic heterocycles. The third-order valence-corrected chi connectivity index (χ3v) is 4.11. The lowest BCUT2D eigenvalue weighted by Crippen LogP contribution is -2.26. The number of hydrogen-bond acceptors (Lipinski definition) is 2. The molecule has 3 N–H and O–H groups in total. The van der Waals surface area contributed by atoms with Crippen molar-refractivity contribution < 1.29 is 4.39 Å². The molecule has 0 spiro atoms. The summed E-state index contributed by atoms with van der Waals surface area (Å²) in [6.07, 6.45) is 6.23. The van der Waals surface area contributed by atoms with Crippen LogP contribution < -0.4 is 11.1 Å². The number of benzene rings is 1. The van der Waals surface area contributed by atoms with Crippen LogP contribution in [0.15, 0.2) is 12.1 Å². The van der Waals surface area contributed by atoms with Crippen molar-refractivity contribution in [3.63, 3.8) is 0 Å². The van der Waals surface area contributed by atoms with Crippen LogP contribution in [-0.2, 0) is 0 Å². The van der Waals surface area contributed by atoms with Crippen LogP contribution in [0, 0.1) is 18.7 Å². The molecule has 1 aromatic rings. The van der Waals surface area contributed by atoms with Crippen LogP contribution >= 0.6 is 0 Å². The van der Waals surface area contributed by atoms with Gasteiger partial charge in [0, 0.05) is 6.04 Å². The molecule has 0 saturated heterocycles. The topological polar surface area (TPSA) is 38.0 Å². The van der Waals surface area contributed by atoms with Crippen LogP contribution in [-0.4, -0.2) is 6.04 Å². The zero-order valence-electron chi connectivity index (χ0n) is 11.3. The Morgan fingerprint density at radius 1 is 1.28 bits per heavy atom. The lowest BCUT2D eigenvalue weighted by Gasteiger charge is -2.29. The van der Waals surface area contributed by atoms with Crippen LogP contribution in [0.25, 0.3) is 0 Å². The summed E-state index contributed by atoms with van der Waals surface area (Å²) in [4.78, 5) is 0. The van der Waals surface area contributed by atoms with Crippen molar-refractivity contribution in [1.82, 2.24) is 0 Å². The molecule has 1 aromatic carbocycles. The summed E-state index contributed by atoms with van der Waals surface area (Å²) in [6, 6.07) is 3.71. The number of aryl methyl sites for hydroxylation is 1. The zero-order chi connectivity index (χ0) is 13.1. The number of hydrogen-bond donors (Lipinski definition) is 2. The molecule has 1 aliphatic rings. The van der Waals surface area contributed by atoms with Gasteiger partial charge >= 0.3 is 0 Å². The molecular formula is C15H23FN2. The highest BCUT2D eigenvalue weighted by molar-refractivity contribution is 5.67. The zero-order valence-corrected chi connectivity index (χ0v) is 11.3. The molecule has 0 unspecified atom stereocenters. The molecule has 0 radical (unpaired) electrons. The Balaban J connectivity index is 2.00. The molecule has 0 aliphatic heterocycles. The van der Waals surface area contributed by atoms with Crippen LogP contribution in [0.1, 0.15) is 44.6 Å². The van der Waals surface area contributed by atoms with Crippen molar-refractivity contribution >= 4 is 11.4 Å². The van der Waals surface area contributed by atoms with E-state index < -0.39 is 0 Å². The van der Waals surface area contributed by atoms with E-state index in [0.717, 1.165) is 11.6 Å². The number of anilines is 2. The average molecular weight is 250 g/mol. The first-order valence-corrected chi connectivity index (χ1v) is 6.92. The summed E-state index contributed by atoms with van der Waals surface area (Å²) >= 11 is 0. The minimum Gasteiger partial charge on any atom is -0.397 e. The third-order valence-electron chi connectivity index (χ3n) is 4.11. The van der Waals surface area contributed by atoms with Gasteiger partial charge in [0.25, 0.3) is 0 Å². The lowest BCUT2D eigenvalue weighted by atomic mass is 9.84. The second-order valence-corrected chi connectivity index (χ2v) is 5.46. The predicted molar refractivity (Wildman–Crippen MR) is 75.2 cm³/mol. The minimum absolute atomic E-state index is 0.229. The summed E-state index contributed by atoms with van der Waals surface area (Å²) in [7, 11) is 0. The molecule has 3 heteroatoms. The summed E-state index contributed by atoms with van der Waals surface area (Å²) in [5, 5.41) is 3.47. The number of halogens is 1. The van der Waals surface area contributed by atoms with Gasteiger partial charge in [0.15, 0.2) is 0 Å². The van der Waals surface area contributed by atoms with Crippen LogP contribution in [0.4, 0.5) is 15.8 Å². The molecule has 0 heterocycles. The molecule has 18 heavy (non-hydrogen) atoms. The highest BCUT2D eigenvalue weighted by atomic mass is 19.1. The van der Waals surface area contributed by atoms with Crippen LogP contribution in [0.5, 0.6) is 0 Å². The summed E-state index contributed by atoms with van der Waals surface area (Å²) < 4.78 is 13.3. The van der Waals surface area contributed by atoms with E-state index in [-0.39, 0.29) is 5.82 Å². The van der Waals surface area contributed by atoms with Crippen molar-refractivity contribution in [3.05, 3.63) is 23.5 Å². The summed E-state index contributed by atoms with van der Waals surface area (Å²) in [5.41, 5.74) is 7.90. The molecular weight excluding hydrogens is 227 g/mol. The first kappa shape index (κ1) is 13.2. The van der Waals surface area contributed by atoms with Crippen LogP contribution in [0.3, 0.4) is 0 Å². The molecule has 2 nitrogen and oxygen atoms in total. The van der Waals surface area contributed by atoms with Gasteiger partial charge < -0.3 is 11.1 Å². The van der Waals surface area contributed by atoms with Crippen LogP contribution in [0.2, 0.25) is 0 Å². The van der Waals surface area contributed by atoms with Crippen molar-refractivity contribution in [2.24, 2.45) is 5.92 Å². The highest BCUT2D eigenvalue weighted by Crippen LogP contribution is 2.30. The molecule has 0 amide bonds. The number of nitrogens with one attached hydrogen (secondary N) is 1. The first-order chi connectivity index (χ1) is 8.60. The molecule has 100 valence electrons. The van der Waals surface area contributed by atoms with Gasteiger partial charge in [-0.1, -0.05) is 13.3 Å². The standard InChI is InChI=1S/C15H23FN2/c1-3-11-4-6-12(7-5-11)18-15-8-10(2)13(16)9-14(15)17/h8-9,11-12,18H,3-7,17H2,1-2H3. The largest absolute Gasteiger partial charge is 0.397 e. The fourth-order valence-corrected chi connectivity index (χ4v) is 2.76. The van der Waals surface area contributed by atoms with Crippen molar-refractivity contribution in [1.29, 1.82) is 0 Å². The van der Waals surface area contributed by atoms with E-state index >= 15 is 0 Å². The monoisotopic (exact) mass is 250 g/mol. The molecule has 0 bridgehead atoms. The highest BCUT2D eigenvalue weighted by Gasteiger charge is 2.20. The molecule has 1 fully saturated rings. The van der Waals surface area contributed by atoms with Gasteiger partial charge in [0.05, 0.1) is 11.4 Å². The Kier molecular flexibility index (Phi) is 4.10. The van der Waals surface area contributed by atoms with E-state index in [1.165, 1.54) is 38.2 Å². The maximum absolute atomic E-state index is 13.3. The van der Waals surface area contributed by atoms with Gasteiger partial charge in [-0.05, 0) is 56.2 Å². The van der Waals surface area contributed by atoms with E-state index in [2.05, 4.69) is 12.2 Å². The SMILES string of the molecule is CCC1CCC(Nc2cc(C)c(F)cc2N)CC1. The Labute approximate surface area is 109 Å². The first-order valence-electron chi connectivity index (χ1n) is 6.92. The smallest absolute Gasteiger partial charge is 0.128 e. The van der Waals surface area contributed by atoms with Crippen molar-refractivity contribution in [2.75, 3.05) is 11.1 Å². The van der Waals surface area contributed by atoms with E-state index in [1.54, 1.807) is 6.92 Å². The number of rotatable bonds is 3. The van der Waals surface area contributed by atoms with Crippen molar-refractivity contribution in [2.45, 2.75) is 52.0 Å². The van der Waals surface area contributed by atoms with E-state index in [0.29, 0.717) is 17.3 Å². The Hall–Kier alpha value is -1.25. The van der Waals surface area contributed by atoms with Gasteiger partial charge in [-0.15, -0.1) is 0 Å². The van der Waals surface area contributed by atoms with E-state index in [9.17, 15) is 4.39 Å². The molecule has 2 rings (SSSR count). The summed E-state index contributed by atoms with van der Waals surface area (Å²) in [5.74, 6) is 0.656. The Morgan fingerprint density at radius 2 is 1.94 bits per heavy atom. The fraction of sp³-hybridized carbons (Fsp3) is 0.600. The quantitative estimate of drug-likeness (QED) is 0.793. The third kappa shape index (κ3) is 2.95. The average Bonchev–Trinajstić information content (AvgIpc) is 2.37. The fourth-order valence-electron chi connectivity index (χ4n) is 2.76. The van der Waals surface area contributed by atoms with Gasteiger partial charge in [0.1, 0.15) is 5.82 Å². The predicted octanol–water partition coefficient (Wildman–Crippen LogP) is 4.10. The number of nitrogen functional groups attached to an aromatic ring is 1. The lowest BCUT2D eigenvalue weighted by molar-refractivity contribution is 0.330. The summed E-state index contributed by atoms with van der Waals surface area (Å²) in [6.45, 7) is 4.04. The Morgan fingerprint density at radius 3 is 2.56 bits per heavy atom. The Bertz CT molecular complexity index is 409. The van der Waals surface area contributed by atoms with Gasteiger partial charge in [-0.3, -0.25) is 0 Å². The van der Waals surface area contributed by atoms with E-state index in [1.807, 2.05) is 6.07 Å². The van der Waals surface area contributed by atoms with Gasteiger partial charge in [-0.25, -0.2) is 4.39 Å². The van der Waals surface area contributed by atoms with Gasteiger partial charge in [-0.2, -0.15) is 0 Å². The maximum Gasteiger partial charge on any atom is 0.128 e. The second-order valence-electron chi connectivity index (χ2n) is 5.46. The molecule has 0 atom stereocenters.